The van der Waals surface area contributed by atoms with Gasteiger partial charge in [0.25, 0.3) is 0 Å². The van der Waals surface area contributed by atoms with Crippen LogP contribution in [-0.2, 0) is 9.53 Å². The van der Waals surface area contributed by atoms with E-state index < -0.39 is 6.10 Å². The summed E-state index contributed by atoms with van der Waals surface area (Å²) in [6.45, 7) is 3.83. The van der Waals surface area contributed by atoms with Crippen LogP contribution in [0.4, 0.5) is 0 Å². The lowest BCUT2D eigenvalue weighted by molar-refractivity contribution is -0.126. The van der Waals surface area contributed by atoms with Crippen molar-refractivity contribution < 1.29 is 14.6 Å². The molecule has 0 aromatic carbocycles. The molecule has 0 heterocycles. The number of aliphatic hydroxyl groups excluding tert-OH is 1. The highest BCUT2D eigenvalue weighted by Crippen LogP contribution is 2.38. The van der Waals surface area contributed by atoms with Gasteiger partial charge in [0, 0.05) is 30.4 Å². The van der Waals surface area contributed by atoms with E-state index in [1.807, 2.05) is 13.0 Å². The van der Waals surface area contributed by atoms with Gasteiger partial charge in [-0.15, -0.1) is 11.6 Å². The topological polar surface area (TPSA) is 58.6 Å². The first kappa shape index (κ1) is 19.7. The zero-order valence-corrected chi connectivity index (χ0v) is 15.5. The van der Waals surface area contributed by atoms with Crippen molar-refractivity contribution in [2.24, 2.45) is 17.8 Å². The van der Waals surface area contributed by atoms with Gasteiger partial charge in [0.05, 0.1) is 12.7 Å². The fourth-order valence-electron chi connectivity index (χ4n) is 3.98. The predicted octanol–water partition coefficient (Wildman–Crippen LogP) is 3.27. The van der Waals surface area contributed by atoms with Gasteiger partial charge in [0.1, 0.15) is 0 Å². The van der Waals surface area contributed by atoms with Gasteiger partial charge >= 0.3 is 0 Å². The van der Waals surface area contributed by atoms with Crippen molar-refractivity contribution in [2.45, 2.75) is 63.4 Å². The second-order valence-electron chi connectivity index (χ2n) is 7.09. The molecule has 0 bridgehead atoms. The maximum Gasteiger partial charge on any atom is 0.223 e. The number of hydrogen-bond acceptors (Lipinski definition) is 3. The molecule has 1 amide bonds. The van der Waals surface area contributed by atoms with E-state index >= 15 is 0 Å². The molecule has 2 saturated carbocycles. The lowest BCUT2D eigenvalue weighted by atomic mass is 9.88. The van der Waals surface area contributed by atoms with Gasteiger partial charge in [-0.1, -0.05) is 31.4 Å². The lowest BCUT2D eigenvalue weighted by Gasteiger charge is -2.25. The Balaban J connectivity index is 1.81. The van der Waals surface area contributed by atoms with Crippen molar-refractivity contribution in [2.75, 3.05) is 19.8 Å². The highest BCUT2D eigenvalue weighted by atomic mass is 35.5. The molecule has 0 radical (unpaired) electrons. The molecule has 0 saturated heterocycles. The second-order valence-corrected chi connectivity index (χ2v) is 7.65. The van der Waals surface area contributed by atoms with Gasteiger partial charge in [-0.05, 0) is 38.5 Å². The third kappa shape index (κ3) is 5.75. The Morgan fingerprint density at radius 2 is 2.00 bits per heavy atom. The number of carbonyl (C=O) groups excluding carboxylic acids is 1. The Morgan fingerprint density at radius 1 is 1.25 bits per heavy atom. The lowest BCUT2D eigenvalue weighted by Crippen LogP contribution is -2.39. The van der Waals surface area contributed by atoms with Gasteiger partial charge in [-0.3, -0.25) is 4.79 Å². The molecule has 4 atom stereocenters. The van der Waals surface area contributed by atoms with Crippen LogP contribution in [0.1, 0.15) is 51.9 Å². The van der Waals surface area contributed by atoms with Gasteiger partial charge < -0.3 is 15.2 Å². The maximum atomic E-state index is 12.3. The summed E-state index contributed by atoms with van der Waals surface area (Å²) >= 11 is 6.43. The maximum absolute atomic E-state index is 12.3. The molecular formula is C19H32ClNO3. The quantitative estimate of drug-likeness (QED) is 0.398. The van der Waals surface area contributed by atoms with Crippen LogP contribution in [-0.4, -0.2) is 42.3 Å². The van der Waals surface area contributed by atoms with Crippen LogP contribution in [0.2, 0.25) is 0 Å². The van der Waals surface area contributed by atoms with Crippen LogP contribution in [0, 0.1) is 17.8 Å². The Bertz CT molecular complexity index is 409. The van der Waals surface area contributed by atoms with E-state index in [0.29, 0.717) is 26.2 Å². The van der Waals surface area contributed by atoms with E-state index in [1.165, 1.54) is 6.42 Å². The SMILES string of the molecule is CCOC/C=C\C[C@@H]1[C@@H](CNC(=O)C2CCCCC2)[C@H](O)C[C@H]1Cl. The average Bonchev–Trinajstić information content (AvgIpc) is 2.86. The van der Waals surface area contributed by atoms with Crippen molar-refractivity contribution in [3.05, 3.63) is 12.2 Å². The standard InChI is InChI=1S/C19H32ClNO3/c1-2-24-11-7-6-10-15-16(18(22)12-17(15)20)13-21-19(23)14-8-4-3-5-9-14/h6-7,14-18,22H,2-5,8-13H2,1H3,(H,21,23)/b7-6-/t15-,16-,17-,18-/m1/s1. The van der Waals surface area contributed by atoms with E-state index in [9.17, 15) is 9.90 Å². The second kappa shape index (κ2) is 10.4. The van der Waals surface area contributed by atoms with Gasteiger partial charge in [-0.25, -0.2) is 0 Å². The molecule has 138 valence electrons. The molecule has 2 aliphatic carbocycles. The molecule has 0 aromatic heterocycles. The molecular weight excluding hydrogens is 326 g/mol. The van der Waals surface area contributed by atoms with Crippen LogP contribution >= 0.6 is 11.6 Å². The Hall–Kier alpha value is -0.580. The predicted molar refractivity (Wildman–Crippen MR) is 97.1 cm³/mol. The number of hydrogen-bond donors (Lipinski definition) is 2. The Labute approximate surface area is 151 Å². The minimum atomic E-state index is -0.426. The smallest absolute Gasteiger partial charge is 0.223 e. The average molecular weight is 358 g/mol. The third-order valence-corrected chi connectivity index (χ3v) is 5.96. The van der Waals surface area contributed by atoms with Crippen molar-refractivity contribution in [3.8, 4) is 0 Å². The zero-order chi connectivity index (χ0) is 17.4. The molecule has 2 fully saturated rings. The summed E-state index contributed by atoms with van der Waals surface area (Å²) in [5.41, 5.74) is 0. The normalized spacial score (nSPS) is 31.6. The molecule has 2 aliphatic rings. The molecule has 2 rings (SSSR count). The summed E-state index contributed by atoms with van der Waals surface area (Å²) in [7, 11) is 0. The van der Waals surface area contributed by atoms with Crippen molar-refractivity contribution >= 4 is 17.5 Å². The van der Waals surface area contributed by atoms with E-state index in [2.05, 4.69) is 11.4 Å². The van der Waals surface area contributed by atoms with E-state index in [0.717, 1.165) is 32.1 Å². The van der Waals surface area contributed by atoms with Gasteiger partial charge in [0.15, 0.2) is 0 Å². The molecule has 0 aromatic rings. The highest BCUT2D eigenvalue weighted by molar-refractivity contribution is 6.21. The summed E-state index contributed by atoms with van der Waals surface area (Å²) in [6, 6.07) is 0. The summed E-state index contributed by atoms with van der Waals surface area (Å²) in [4.78, 5) is 12.3. The number of alkyl halides is 1. The summed E-state index contributed by atoms with van der Waals surface area (Å²) in [5.74, 6) is 0.558. The van der Waals surface area contributed by atoms with E-state index in [-0.39, 0.29) is 29.0 Å². The first-order valence-electron chi connectivity index (χ1n) is 9.46. The Morgan fingerprint density at radius 3 is 2.71 bits per heavy atom. The third-order valence-electron chi connectivity index (χ3n) is 5.46. The molecule has 0 aliphatic heterocycles. The molecule has 5 heteroatoms. The van der Waals surface area contributed by atoms with Crippen molar-refractivity contribution in [1.82, 2.24) is 5.32 Å². The first-order chi connectivity index (χ1) is 11.6. The van der Waals surface area contributed by atoms with E-state index in [4.69, 9.17) is 16.3 Å². The number of aliphatic hydroxyl groups is 1. The van der Waals surface area contributed by atoms with Gasteiger partial charge in [-0.2, -0.15) is 0 Å². The minimum Gasteiger partial charge on any atom is -0.393 e. The monoisotopic (exact) mass is 357 g/mol. The number of amides is 1. The van der Waals surface area contributed by atoms with Crippen LogP contribution in [0.5, 0.6) is 0 Å². The number of carbonyl (C=O) groups is 1. The largest absolute Gasteiger partial charge is 0.393 e. The molecule has 4 nitrogen and oxygen atoms in total. The summed E-state index contributed by atoms with van der Waals surface area (Å²) in [5, 5.41) is 13.4. The van der Waals surface area contributed by atoms with Crippen molar-refractivity contribution in [3.63, 3.8) is 0 Å². The summed E-state index contributed by atoms with van der Waals surface area (Å²) in [6.07, 6.45) is 10.7. The molecule has 0 spiro atoms. The summed E-state index contributed by atoms with van der Waals surface area (Å²) < 4.78 is 5.29. The molecule has 2 N–H and O–H groups in total. The minimum absolute atomic E-state index is 0.0340. The zero-order valence-electron chi connectivity index (χ0n) is 14.8. The number of nitrogens with one attached hydrogen (secondary N) is 1. The highest BCUT2D eigenvalue weighted by Gasteiger charge is 2.41. The molecule has 24 heavy (non-hydrogen) atoms. The van der Waals surface area contributed by atoms with E-state index in [1.54, 1.807) is 0 Å². The van der Waals surface area contributed by atoms with Gasteiger partial charge in [0.2, 0.25) is 5.91 Å². The molecule has 0 unspecified atom stereocenters. The van der Waals surface area contributed by atoms with Crippen LogP contribution in [0.25, 0.3) is 0 Å². The number of ether oxygens (including phenoxy) is 1. The van der Waals surface area contributed by atoms with Crippen LogP contribution in [0.15, 0.2) is 12.2 Å². The fourth-order valence-corrected chi connectivity index (χ4v) is 4.45. The first-order valence-corrected chi connectivity index (χ1v) is 9.89. The number of allylic oxidation sites excluding steroid dienone is 1. The van der Waals surface area contributed by atoms with Crippen LogP contribution in [0.3, 0.4) is 0 Å². The van der Waals surface area contributed by atoms with Crippen molar-refractivity contribution in [1.29, 1.82) is 0 Å². The fraction of sp³-hybridized carbons (Fsp3) is 0.842. The Kier molecular flexibility index (Phi) is 8.57. The van der Waals surface area contributed by atoms with Crippen LogP contribution < -0.4 is 5.32 Å². The number of halogens is 1. The number of rotatable bonds is 8.